The second-order valence-corrected chi connectivity index (χ2v) is 3.03. The van der Waals surface area contributed by atoms with Crippen molar-refractivity contribution in [2.75, 3.05) is 19.8 Å². The van der Waals surface area contributed by atoms with Gasteiger partial charge in [0, 0.05) is 6.42 Å². The van der Waals surface area contributed by atoms with Crippen molar-refractivity contribution in [1.82, 2.24) is 0 Å². The number of hydrogen-bond acceptors (Lipinski definition) is 4. The second-order valence-electron chi connectivity index (χ2n) is 3.03. The van der Waals surface area contributed by atoms with Gasteiger partial charge in [-0.1, -0.05) is 0 Å². The van der Waals surface area contributed by atoms with E-state index in [4.69, 9.17) is 19.7 Å². The van der Waals surface area contributed by atoms with E-state index in [1.165, 1.54) is 0 Å². The van der Waals surface area contributed by atoms with Crippen molar-refractivity contribution in [3.8, 4) is 0 Å². The molecule has 0 aromatic rings. The van der Waals surface area contributed by atoms with E-state index in [1.807, 2.05) is 0 Å². The van der Waals surface area contributed by atoms with Gasteiger partial charge in [0.05, 0.1) is 25.9 Å². The molecule has 2 unspecified atom stereocenters. The van der Waals surface area contributed by atoms with Crippen LogP contribution < -0.4 is 0 Å². The van der Waals surface area contributed by atoms with Crippen molar-refractivity contribution in [1.29, 1.82) is 0 Å². The molecular formula is C8H14O5. The van der Waals surface area contributed by atoms with Crippen molar-refractivity contribution >= 4 is 5.97 Å². The number of aliphatic hydroxyl groups is 1. The van der Waals surface area contributed by atoms with Crippen LogP contribution in [0.15, 0.2) is 0 Å². The molecule has 0 saturated carbocycles. The minimum atomic E-state index is -1.26. The van der Waals surface area contributed by atoms with Crippen molar-refractivity contribution < 1.29 is 24.5 Å². The Balaban J connectivity index is 2.68. The molecular weight excluding hydrogens is 176 g/mol. The zero-order valence-corrected chi connectivity index (χ0v) is 7.52. The molecule has 0 aliphatic carbocycles. The van der Waals surface area contributed by atoms with E-state index in [0.29, 0.717) is 13.0 Å². The summed E-state index contributed by atoms with van der Waals surface area (Å²) in [5, 5.41) is 17.5. The number of aliphatic carboxylic acids is 1. The van der Waals surface area contributed by atoms with Crippen LogP contribution >= 0.6 is 0 Å². The van der Waals surface area contributed by atoms with Gasteiger partial charge in [0.15, 0.2) is 5.60 Å². The first-order valence-electron chi connectivity index (χ1n) is 4.23. The van der Waals surface area contributed by atoms with Crippen LogP contribution in [-0.2, 0) is 14.3 Å². The van der Waals surface area contributed by atoms with Gasteiger partial charge in [0.1, 0.15) is 0 Å². The molecule has 0 aromatic heterocycles. The molecule has 1 rings (SSSR count). The Morgan fingerprint density at radius 1 is 1.77 bits per heavy atom. The van der Waals surface area contributed by atoms with Crippen LogP contribution in [0.2, 0.25) is 0 Å². The van der Waals surface area contributed by atoms with Crippen molar-refractivity contribution in [2.24, 2.45) is 0 Å². The van der Waals surface area contributed by atoms with Crippen molar-refractivity contribution in [2.45, 2.75) is 25.0 Å². The summed E-state index contributed by atoms with van der Waals surface area (Å²) in [6.45, 7) is 1.90. The summed E-state index contributed by atoms with van der Waals surface area (Å²) in [7, 11) is 0. The third-order valence-electron chi connectivity index (χ3n) is 2.31. The summed E-state index contributed by atoms with van der Waals surface area (Å²) < 4.78 is 10.3. The molecule has 2 N–H and O–H groups in total. The molecule has 1 saturated heterocycles. The highest BCUT2D eigenvalue weighted by molar-refractivity contribution is 5.78. The van der Waals surface area contributed by atoms with Gasteiger partial charge in [-0.15, -0.1) is 0 Å². The number of carboxylic acids is 1. The highest BCUT2D eigenvalue weighted by Crippen LogP contribution is 2.29. The molecule has 0 radical (unpaired) electrons. The summed E-state index contributed by atoms with van der Waals surface area (Å²) in [4.78, 5) is 11.0. The fourth-order valence-electron chi connectivity index (χ4n) is 1.49. The first-order chi connectivity index (χ1) is 6.13. The molecule has 76 valence electrons. The van der Waals surface area contributed by atoms with E-state index >= 15 is 0 Å². The van der Waals surface area contributed by atoms with Crippen molar-refractivity contribution in [3.63, 3.8) is 0 Å². The zero-order valence-electron chi connectivity index (χ0n) is 7.52. The maximum Gasteiger partial charge on any atom is 0.338 e. The molecule has 5 heteroatoms. The maximum absolute atomic E-state index is 11.0. The van der Waals surface area contributed by atoms with Crippen LogP contribution in [0, 0.1) is 0 Å². The van der Waals surface area contributed by atoms with Gasteiger partial charge in [0.2, 0.25) is 0 Å². The largest absolute Gasteiger partial charge is 0.479 e. The lowest BCUT2D eigenvalue weighted by Gasteiger charge is -2.27. The topological polar surface area (TPSA) is 76.0 Å². The average Bonchev–Trinajstić information content (AvgIpc) is 2.45. The van der Waals surface area contributed by atoms with Crippen LogP contribution in [0.3, 0.4) is 0 Å². The maximum atomic E-state index is 11.0. The van der Waals surface area contributed by atoms with Crippen LogP contribution in [0.1, 0.15) is 13.3 Å². The summed E-state index contributed by atoms with van der Waals surface area (Å²) in [6.07, 6.45) is -0.125. The monoisotopic (exact) mass is 190 g/mol. The Morgan fingerprint density at radius 3 is 2.85 bits per heavy atom. The van der Waals surface area contributed by atoms with E-state index in [-0.39, 0.29) is 13.2 Å². The fourth-order valence-corrected chi connectivity index (χ4v) is 1.49. The van der Waals surface area contributed by atoms with E-state index in [0.717, 1.165) is 0 Å². The SMILES string of the molecule is CC1OCCC1(OCCO)C(=O)O. The fraction of sp³-hybridized carbons (Fsp3) is 0.875. The molecule has 5 nitrogen and oxygen atoms in total. The zero-order chi connectivity index (χ0) is 9.90. The summed E-state index contributed by atoms with van der Waals surface area (Å²) in [6, 6.07) is 0. The Bertz CT molecular complexity index is 193. The van der Waals surface area contributed by atoms with E-state index < -0.39 is 17.7 Å². The summed E-state index contributed by atoms with van der Waals surface area (Å²) in [5.41, 5.74) is -1.26. The van der Waals surface area contributed by atoms with Gasteiger partial charge in [0.25, 0.3) is 0 Å². The minimum Gasteiger partial charge on any atom is -0.479 e. The molecule has 0 amide bonds. The van der Waals surface area contributed by atoms with Crippen LogP contribution in [0.5, 0.6) is 0 Å². The Labute approximate surface area is 76.3 Å². The lowest BCUT2D eigenvalue weighted by molar-refractivity contribution is -0.173. The standard InChI is InChI=1S/C8H14O5/c1-6-8(7(10)11,2-4-12-6)13-5-3-9/h6,9H,2-5H2,1H3,(H,10,11). The third kappa shape index (κ3) is 1.82. The first-order valence-corrected chi connectivity index (χ1v) is 4.23. The Kier molecular flexibility index (Phi) is 3.24. The molecule has 0 bridgehead atoms. The minimum absolute atomic E-state index is 0.0278. The van der Waals surface area contributed by atoms with Crippen LogP contribution in [0.4, 0.5) is 0 Å². The summed E-state index contributed by atoms with van der Waals surface area (Å²) in [5.74, 6) is -1.02. The molecule has 1 aliphatic heterocycles. The molecule has 1 aliphatic rings. The average molecular weight is 190 g/mol. The van der Waals surface area contributed by atoms with Gasteiger partial charge in [-0.3, -0.25) is 0 Å². The predicted octanol–water partition coefficient (Wildman–Crippen LogP) is -0.373. The molecule has 13 heavy (non-hydrogen) atoms. The lowest BCUT2D eigenvalue weighted by Crippen LogP contribution is -2.47. The molecule has 0 aromatic carbocycles. The van der Waals surface area contributed by atoms with Gasteiger partial charge in [-0.05, 0) is 6.92 Å². The number of carbonyl (C=O) groups is 1. The number of carboxylic acid groups (broad SMARTS) is 1. The Hall–Kier alpha value is -0.650. The van der Waals surface area contributed by atoms with Gasteiger partial charge < -0.3 is 19.7 Å². The van der Waals surface area contributed by atoms with Crippen molar-refractivity contribution in [3.05, 3.63) is 0 Å². The third-order valence-corrected chi connectivity index (χ3v) is 2.31. The number of hydrogen-bond donors (Lipinski definition) is 2. The van der Waals surface area contributed by atoms with Gasteiger partial charge in [-0.25, -0.2) is 4.79 Å². The smallest absolute Gasteiger partial charge is 0.338 e. The summed E-state index contributed by atoms with van der Waals surface area (Å²) >= 11 is 0. The molecule has 1 fully saturated rings. The van der Waals surface area contributed by atoms with Gasteiger partial charge >= 0.3 is 5.97 Å². The molecule has 0 spiro atoms. The van der Waals surface area contributed by atoms with E-state index in [2.05, 4.69) is 0 Å². The normalized spacial score (nSPS) is 33.5. The number of rotatable bonds is 4. The van der Waals surface area contributed by atoms with Gasteiger partial charge in [-0.2, -0.15) is 0 Å². The number of aliphatic hydroxyl groups excluding tert-OH is 1. The highest BCUT2D eigenvalue weighted by Gasteiger charge is 2.49. The second kappa shape index (κ2) is 4.04. The molecule has 1 heterocycles. The Morgan fingerprint density at radius 2 is 2.46 bits per heavy atom. The lowest BCUT2D eigenvalue weighted by atomic mass is 9.96. The predicted molar refractivity (Wildman–Crippen MR) is 43.4 cm³/mol. The quantitative estimate of drug-likeness (QED) is 0.632. The highest BCUT2D eigenvalue weighted by atomic mass is 16.6. The first kappa shape index (κ1) is 10.4. The van der Waals surface area contributed by atoms with E-state index in [1.54, 1.807) is 6.92 Å². The number of ether oxygens (including phenoxy) is 2. The van der Waals surface area contributed by atoms with Crippen LogP contribution in [-0.4, -0.2) is 47.7 Å². The van der Waals surface area contributed by atoms with E-state index in [9.17, 15) is 4.79 Å². The van der Waals surface area contributed by atoms with Crippen LogP contribution in [0.25, 0.3) is 0 Å². The molecule has 2 atom stereocenters.